The summed E-state index contributed by atoms with van der Waals surface area (Å²) in [6.07, 6.45) is 3.47. The summed E-state index contributed by atoms with van der Waals surface area (Å²) >= 11 is 3.20. The molecule has 2 unspecified atom stereocenters. The Labute approximate surface area is 104 Å². The first-order valence-corrected chi connectivity index (χ1v) is 6.56. The maximum absolute atomic E-state index is 13.1. The summed E-state index contributed by atoms with van der Waals surface area (Å²) in [7, 11) is 0. The van der Waals surface area contributed by atoms with E-state index in [0.29, 0.717) is 10.4 Å². The van der Waals surface area contributed by atoms with Gasteiger partial charge >= 0.3 is 0 Å². The van der Waals surface area contributed by atoms with Gasteiger partial charge in [0.1, 0.15) is 5.82 Å². The van der Waals surface area contributed by atoms with Gasteiger partial charge in [-0.2, -0.15) is 0 Å². The van der Waals surface area contributed by atoms with Crippen molar-refractivity contribution in [1.29, 1.82) is 0 Å². The maximum atomic E-state index is 13.1. The fourth-order valence-electron chi connectivity index (χ4n) is 2.10. The van der Waals surface area contributed by atoms with Gasteiger partial charge in [-0.15, -0.1) is 0 Å². The lowest BCUT2D eigenvalue weighted by atomic mass is 9.92. The van der Waals surface area contributed by atoms with Crippen LogP contribution < -0.4 is 5.73 Å². The number of benzene rings is 1. The van der Waals surface area contributed by atoms with Gasteiger partial charge < -0.3 is 5.73 Å². The quantitative estimate of drug-likeness (QED) is 0.900. The van der Waals surface area contributed by atoms with E-state index in [9.17, 15) is 4.39 Å². The third-order valence-corrected chi connectivity index (χ3v) is 4.10. The van der Waals surface area contributed by atoms with Crippen LogP contribution in [0.5, 0.6) is 0 Å². The van der Waals surface area contributed by atoms with E-state index in [1.165, 1.54) is 18.9 Å². The Kier molecular flexibility index (Phi) is 3.65. The van der Waals surface area contributed by atoms with E-state index in [0.717, 1.165) is 17.9 Å². The van der Waals surface area contributed by atoms with Crippen LogP contribution in [0.15, 0.2) is 22.7 Å². The van der Waals surface area contributed by atoms with Crippen LogP contribution in [0.3, 0.4) is 0 Å². The zero-order chi connectivity index (χ0) is 11.7. The minimum absolute atomic E-state index is 0.185. The summed E-state index contributed by atoms with van der Waals surface area (Å²) in [5.74, 6) is 1.18. The van der Waals surface area contributed by atoms with Gasteiger partial charge in [-0.3, -0.25) is 0 Å². The van der Waals surface area contributed by atoms with Crippen LogP contribution in [0, 0.1) is 17.7 Å². The van der Waals surface area contributed by atoms with Crippen molar-refractivity contribution < 1.29 is 4.39 Å². The third-order valence-electron chi connectivity index (χ3n) is 3.50. The molecule has 3 heteroatoms. The van der Waals surface area contributed by atoms with E-state index in [1.54, 1.807) is 0 Å². The molecule has 1 aromatic carbocycles. The number of hydrogen-bond donors (Lipinski definition) is 1. The van der Waals surface area contributed by atoms with Crippen LogP contribution in [0.1, 0.15) is 25.3 Å². The monoisotopic (exact) mass is 285 g/mol. The molecule has 1 fully saturated rings. The van der Waals surface area contributed by atoms with E-state index in [1.807, 2.05) is 12.1 Å². The zero-order valence-electron chi connectivity index (χ0n) is 9.42. The van der Waals surface area contributed by atoms with Gasteiger partial charge in [-0.25, -0.2) is 4.39 Å². The van der Waals surface area contributed by atoms with Crippen LogP contribution in [-0.4, -0.2) is 6.04 Å². The molecule has 1 nitrogen and oxygen atoms in total. The molecular weight excluding hydrogens is 269 g/mol. The Balaban J connectivity index is 1.99. The van der Waals surface area contributed by atoms with Gasteiger partial charge in [0.25, 0.3) is 0 Å². The molecule has 2 atom stereocenters. The van der Waals surface area contributed by atoms with Crippen molar-refractivity contribution in [2.75, 3.05) is 0 Å². The highest BCUT2D eigenvalue weighted by Crippen LogP contribution is 2.38. The molecule has 16 heavy (non-hydrogen) atoms. The fraction of sp³-hybridized carbons (Fsp3) is 0.538. The lowest BCUT2D eigenvalue weighted by Crippen LogP contribution is -2.31. The molecule has 1 saturated carbocycles. The summed E-state index contributed by atoms with van der Waals surface area (Å²) in [4.78, 5) is 0. The van der Waals surface area contributed by atoms with Crippen molar-refractivity contribution in [3.63, 3.8) is 0 Å². The van der Waals surface area contributed by atoms with Gasteiger partial charge in [-0.05, 0) is 64.7 Å². The third kappa shape index (κ3) is 2.83. The smallest absolute Gasteiger partial charge is 0.137 e. The van der Waals surface area contributed by atoms with E-state index >= 15 is 0 Å². The topological polar surface area (TPSA) is 26.0 Å². The van der Waals surface area contributed by atoms with E-state index in [4.69, 9.17) is 5.73 Å². The first-order valence-electron chi connectivity index (χ1n) is 5.77. The second-order valence-electron chi connectivity index (χ2n) is 4.81. The summed E-state index contributed by atoms with van der Waals surface area (Å²) in [6, 6.07) is 5.33. The molecule has 1 aliphatic carbocycles. The highest BCUT2D eigenvalue weighted by molar-refractivity contribution is 9.10. The van der Waals surface area contributed by atoms with Crippen molar-refractivity contribution in [2.45, 2.75) is 32.2 Å². The van der Waals surface area contributed by atoms with Gasteiger partial charge in [0, 0.05) is 6.04 Å². The van der Waals surface area contributed by atoms with Crippen molar-refractivity contribution in [1.82, 2.24) is 0 Å². The Morgan fingerprint density at radius 3 is 2.75 bits per heavy atom. The second-order valence-corrected chi connectivity index (χ2v) is 5.67. The molecule has 88 valence electrons. The molecule has 1 aromatic rings. The average Bonchev–Trinajstić information content (AvgIpc) is 3.06. The average molecular weight is 286 g/mol. The number of halogens is 2. The van der Waals surface area contributed by atoms with E-state index in [2.05, 4.69) is 22.9 Å². The molecule has 0 aliphatic heterocycles. The Morgan fingerprint density at radius 2 is 2.19 bits per heavy atom. The number of rotatable bonds is 4. The van der Waals surface area contributed by atoms with Gasteiger partial charge in [0.05, 0.1) is 4.47 Å². The molecule has 0 bridgehead atoms. The minimum Gasteiger partial charge on any atom is -0.327 e. The van der Waals surface area contributed by atoms with Crippen LogP contribution in [0.25, 0.3) is 0 Å². The van der Waals surface area contributed by atoms with Crippen LogP contribution in [0.2, 0.25) is 0 Å². The molecular formula is C13H17BrFN. The highest BCUT2D eigenvalue weighted by atomic mass is 79.9. The summed E-state index contributed by atoms with van der Waals surface area (Å²) in [6.45, 7) is 2.22. The van der Waals surface area contributed by atoms with Crippen LogP contribution in [0.4, 0.5) is 4.39 Å². The normalized spacial score (nSPS) is 19.5. The van der Waals surface area contributed by atoms with Crippen molar-refractivity contribution in [3.8, 4) is 0 Å². The maximum Gasteiger partial charge on any atom is 0.137 e. The number of nitrogens with two attached hydrogens (primary N) is 1. The Hall–Kier alpha value is -0.410. The lowest BCUT2D eigenvalue weighted by Gasteiger charge is -2.19. The molecule has 0 radical (unpaired) electrons. The standard InChI is InChI=1S/C13H17BrFN/c1-8(10-3-4-10)13(16)7-9-2-5-12(15)11(14)6-9/h2,5-6,8,10,13H,3-4,7,16H2,1H3. The Bertz CT molecular complexity index is 376. The first-order chi connectivity index (χ1) is 7.58. The summed E-state index contributed by atoms with van der Waals surface area (Å²) < 4.78 is 13.6. The minimum atomic E-state index is -0.215. The molecule has 0 heterocycles. The largest absolute Gasteiger partial charge is 0.327 e. The van der Waals surface area contributed by atoms with Gasteiger partial charge in [-0.1, -0.05) is 13.0 Å². The first kappa shape index (κ1) is 12.1. The van der Waals surface area contributed by atoms with E-state index in [-0.39, 0.29) is 11.9 Å². The summed E-state index contributed by atoms with van der Waals surface area (Å²) in [5, 5.41) is 0. The molecule has 0 amide bonds. The summed E-state index contributed by atoms with van der Waals surface area (Å²) in [5.41, 5.74) is 7.27. The molecule has 2 N–H and O–H groups in total. The fourth-order valence-corrected chi connectivity index (χ4v) is 2.52. The van der Waals surface area contributed by atoms with Crippen molar-refractivity contribution >= 4 is 15.9 Å². The van der Waals surface area contributed by atoms with Gasteiger partial charge in [0.15, 0.2) is 0 Å². The number of hydrogen-bond acceptors (Lipinski definition) is 1. The van der Waals surface area contributed by atoms with Crippen molar-refractivity contribution in [3.05, 3.63) is 34.1 Å². The highest BCUT2D eigenvalue weighted by Gasteiger charge is 2.31. The zero-order valence-corrected chi connectivity index (χ0v) is 11.0. The molecule has 0 aromatic heterocycles. The molecule has 2 rings (SSSR count). The molecule has 0 spiro atoms. The predicted molar refractivity (Wildman–Crippen MR) is 67.7 cm³/mol. The van der Waals surface area contributed by atoms with Crippen LogP contribution in [-0.2, 0) is 6.42 Å². The van der Waals surface area contributed by atoms with Crippen LogP contribution >= 0.6 is 15.9 Å². The lowest BCUT2D eigenvalue weighted by molar-refractivity contribution is 0.404. The second kappa shape index (κ2) is 4.84. The SMILES string of the molecule is CC(C(N)Cc1ccc(F)c(Br)c1)C1CC1. The Morgan fingerprint density at radius 1 is 1.50 bits per heavy atom. The van der Waals surface area contributed by atoms with Crippen molar-refractivity contribution in [2.24, 2.45) is 17.6 Å². The molecule has 0 saturated heterocycles. The predicted octanol–water partition coefficient (Wildman–Crippen LogP) is 3.50. The van der Waals surface area contributed by atoms with E-state index < -0.39 is 0 Å². The van der Waals surface area contributed by atoms with Gasteiger partial charge in [0.2, 0.25) is 0 Å². The molecule has 1 aliphatic rings.